The Balaban J connectivity index is 2.27. The van der Waals surface area contributed by atoms with Gasteiger partial charge < -0.3 is 19.7 Å². The Bertz CT molecular complexity index is 531. The van der Waals surface area contributed by atoms with Crippen molar-refractivity contribution in [3.63, 3.8) is 0 Å². The van der Waals surface area contributed by atoms with Crippen LogP contribution >= 0.6 is 11.6 Å². The topological polar surface area (TPSA) is 84.9 Å². The molecule has 1 amide bonds. The van der Waals surface area contributed by atoms with Crippen LogP contribution in [0.25, 0.3) is 0 Å². The van der Waals surface area contributed by atoms with E-state index in [0.717, 1.165) is 12.8 Å². The van der Waals surface area contributed by atoms with E-state index in [9.17, 15) is 14.4 Å². The van der Waals surface area contributed by atoms with E-state index in [2.05, 4.69) is 5.32 Å². The summed E-state index contributed by atoms with van der Waals surface area (Å²) in [5.74, 6) is -0.348. The molecule has 0 aromatic rings. The number of likely N-dealkylation sites (tertiary alicyclic amines) is 1. The summed E-state index contributed by atoms with van der Waals surface area (Å²) in [5, 5.41) is 2.76. The van der Waals surface area contributed by atoms with Gasteiger partial charge in [0, 0.05) is 24.5 Å². The van der Waals surface area contributed by atoms with Gasteiger partial charge >= 0.3 is 12.1 Å². The van der Waals surface area contributed by atoms with Crippen molar-refractivity contribution < 1.29 is 23.9 Å². The first-order valence-corrected chi connectivity index (χ1v) is 9.85. The number of carbonyl (C=O) groups excluding carboxylic acids is 3. The van der Waals surface area contributed by atoms with Crippen LogP contribution in [0.3, 0.4) is 0 Å². The minimum absolute atomic E-state index is 0.0339. The van der Waals surface area contributed by atoms with Gasteiger partial charge in [-0.3, -0.25) is 9.59 Å². The van der Waals surface area contributed by atoms with Crippen LogP contribution < -0.4 is 5.32 Å². The zero-order valence-corrected chi connectivity index (χ0v) is 17.9. The maximum Gasteiger partial charge on any atom is 0.410 e. The molecule has 1 aliphatic rings. The van der Waals surface area contributed by atoms with Crippen LogP contribution in [0.4, 0.5) is 4.79 Å². The molecule has 1 N–H and O–H groups in total. The lowest BCUT2D eigenvalue weighted by Gasteiger charge is -2.34. The van der Waals surface area contributed by atoms with Crippen molar-refractivity contribution in [2.45, 2.75) is 71.9 Å². The first-order chi connectivity index (χ1) is 12.4. The fourth-order valence-corrected chi connectivity index (χ4v) is 2.81. The fourth-order valence-electron chi connectivity index (χ4n) is 2.71. The van der Waals surface area contributed by atoms with Crippen molar-refractivity contribution in [3.05, 3.63) is 0 Å². The summed E-state index contributed by atoms with van der Waals surface area (Å²) >= 11 is 5.52. The highest BCUT2D eigenvalue weighted by Crippen LogP contribution is 2.25. The highest BCUT2D eigenvalue weighted by atomic mass is 35.5. The molecule has 1 heterocycles. The predicted molar refractivity (Wildman–Crippen MR) is 104 cm³/mol. The molecular formula is C19H33ClN2O5. The monoisotopic (exact) mass is 404 g/mol. The van der Waals surface area contributed by atoms with Gasteiger partial charge in [-0.1, -0.05) is 13.8 Å². The van der Waals surface area contributed by atoms with Gasteiger partial charge in [-0.2, -0.15) is 0 Å². The molecule has 156 valence electrons. The summed E-state index contributed by atoms with van der Waals surface area (Å²) in [5.41, 5.74) is -1.14. The Morgan fingerprint density at radius 3 is 2.44 bits per heavy atom. The second-order valence-electron chi connectivity index (χ2n) is 8.63. The van der Waals surface area contributed by atoms with Crippen LogP contribution in [-0.4, -0.2) is 60.1 Å². The minimum Gasteiger partial charge on any atom is -0.465 e. The Morgan fingerprint density at radius 1 is 1.19 bits per heavy atom. The summed E-state index contributed by atoms with van der Waals surface area (Å²) in [7, 11) is 0. The number of nitrogens with zero attached hydrogens (tertiary/aromatic N) is 1. The summed E-state index contributed by atoms with van der Waals surface area (Å²) in [6.45, 7) is 10.6. The lowest BCUT2D eigenvalue weighted by Crippen LogP contribution is -2.50. The molecule has 0 bridgehead atoms. The van der Waals surface area contributed by atoms with Crippen molar-refractivity contribution in [1.82, 2.24) is 10.2 Å². The van der Waals surface area contributed by atoms with E-state index in [1.54, 1.807) is 18.7 Å². The predicted octanol–water partition coefficient (Wildman–Crippen LogP) is 3.09. The van der Waals surface area contributed by atoms with Crippen molar-refractivity contribution >= 4 is 28.9 Å². The van der Waals surface area contributed by atoms with E-state index in [-0.39, 0.29) is 36.5 Å². The molecule has 0 unspecified atom stereocenters. The number of rotatable bonds is 8. The number of nitrogens with one attached hydrogen (secondary N) is 1. The molecule has 0 saturated carbocycles. The zero-order valence-electron chi connectivity index (χ0n) is 17.1. The number of piperidine rings is 1. The van der Waals surface area contributed by atoms with Gasteiger partial charge in [-0.05, 0) is 58.1 Å². The van der Waals surface area contributed by atoms with Gasteiger partial charge in [-0.15, -0.1) is 0 Å². The Hall–Kier alpha value is -1.34. The summed E-state index contributed by atoms with van der Waals surface area (Å²) in [4.78, 5) is 36.9. The smallest absolute Gasteiger partial charge is 0.410 e. The van der Waals surface area contributed by atoms with Crippen molar-refractivity contribution in [3.8, 4) is 0 Å². The van der Waals surface area contributed by atoms with Gasteiger partial charge in [0.25, 0.3) is 0 Å². The molecule has 1 rings (SSSR count). The third-order valence-electron chi connectivity index (χ3n) is 4.35. The molecule has 1 atom stereocenters. The quantitative estimate of drug-likeness (QED) is 0.380. The number of hydrogen-bond acceptors (Lipinski definition) is 6. The van der Waals surface area contributed by atoms with Gasteiger partial charge in [0.2, 0.25) is 5.24 Å². The van der Waals surface area contributed by atoms with Gasteiger partial charge in [0.15, 0.2) is 0 Å². The van der Waals surface area contributed by atoms with Gasteiger partial charge in [-0.25, -0.2) is 4.79 Å². The van der Waals surface area contributed by atoms with Crippen LogP contribution in [-0.2, 0) is 19.1 Å². The highest BCUT2D eigenvalue weighted by Gasteiger charge is 2.28. The summed E-state index contributed by atoms with van der Waals surface area (Å²) in [6, 6.07) is 0.0339. The van der Waals surface area contributed by atoms with Crippen LogP contribution in [0, 0.1) is 5.41 Å². The van der Waals surface area contributed by atoms with E-state index in [1.165, 1.54) is 0 Å². The molecule has 0 aliphatic carbocycles. The third kappa shape index (κ3) is 9.42. The lowest BCUT2D eigenvalue weighted by atomic mass is 9.90. The maximum atomic E-state index is 12.2. The van der Waals surface area contributed by atoms with E-state index in [1.807, 2.05) is 20.8 Å². The van der Waals surface area contributed by atoms with Crippen LogP contribution in [0.5, 0.6) is 0 Å². The molecule has 1 fully saturated rings. The molecular weight excluding hydrogens is 372 g/mol. The van der Waals surface area contributed by atoms with Crippen LogP contribution in [0.2, 0.25) is 0 Å². The normalized spacial score (nSPS) is 18.1. The Morgan fingerprint density at radius 2 is 1.85 bits per heavy atom. The average molecular weight is 405 g/mol. The van der Waals surface area contributed by atoms with Crippen molar-refractivity contribution in [1.29, 1.82) is 0 Å². The molecule has 1 saturated heterocycles. The number of hydrogen-bond donors (Lipinski definition) is 1. The van der Waals surface area contributed by atoms with Gasteiger partial charge in [0.1, 0.15) is 5.60 Å². The summed E-state index contributed by atoms with van der Waals surface area (Å²) in [6.07, 6.45) is 2.55. The van der Waals surface area contributed by atoms with E-state index in [4.69, 9.17) is 21.1 Å². The molecule has 27 heavy (non-hydrogen) atoms. The molecule has 0 aromatic carbocycles. The molecule has 7 nitrogen and oxygen atoms in total. The standard InChI is InChI=1S/C19H33ClN2O5/c1-18(2,3)27-17(25)22-10-6-8-14(13-22)21-12-15(23)26-11-7-9-19(4,5)16(20)24/h14,21H,6-13H2,1-5H3/t14-/m0/s1. The number of ether oxygens (including phenoxy) is 2. The van der Waals surface area contributed by atoms with Crippen molar-refractivity contribution in [2.75, 3.05) is 26.2 Å². The molecule has 0 aromatic heterocycles. The Kier molecular flexibility index (Phi) is 9.02. The van der Waals surface area contributed by atoms with E-state index < -0.39 is 11.0 Å². The number of esters is 1. The first-order valence-electron chi connectivity index (χ1n) is 9.47. The molecule has 0 radical (unpaired) electrons. The zero-order chi connectivity index (χ0) is 20.7. The summed E-state index contributed by atoms with van der Waals surface area (Å²) < 4.78 is 10.6. The SMILES string of the molecule is CC(C)(C)OC(=O)N1CCC[C@H](NCC(=O)OCCCC(C)(C)C(=O)Cl)C1. The van der Waals surface area contributed by atoms with E-state index in [0.29, 0.717) is 25.9 Å². The molecule has 8 heteroatoms. The molecule has 0 spiro atoms. The minimum atomic E-state index is -0.612. The number of amides is 1. The molecule has 1 aliphatic heterocycles. The van der Waals surface area contributed by atoms with Crippen LogP contribution in [0.15, 0.2) is 0 Å². The maximum absolute atomic E-state index is 12.2. The second kappa shape index (κ2) is 10.3. The lowest BCUT2D eigenvalue weighted by molar-refractivity contribution is -0.143. The average Bonchev–Trinajstić information content (AvgIpc) is 2.55. The Labute approximate surface area is 167 Å². The fraction of sp³-hybridized carbons (Fsp3) is 0.842. The highest BCUT2D eigenvalue weighted by molar-refractivity contribution is 6.64. The van der Waals surface area contributed by atoms with E-state index >= 15 is 0 Å². The second-order valence-corrected chi connectivity index (χ2v) is 8.97. The first kappa shape index (κ1) is 23.7. The van der Waals surface area contributed by atoms with Crippen molar-refractivity contribution in [2.24, 2.45) is 5.41 Å². The third-order valence-corrected chi connectivity index (χ3v) is 4.86. The van der Waals surface area contributed by atoms with Crippen LogP contribution in [0.1, 0.15) is 60.3 Å². The largest absolute Gasteiger partial charge is 0.465 e. The number of carbonyl (C=O) groups is 3. The van der Waals surface area contributed by atoms with Gasteiger partial charge in [0.05, 0.1) is 13.2 Å². The number of halogens is 1.